The Bertz CT molecular complexity index is 879. The molecular formula is C16H12BrClN2O6. The number of carbonyl (C=O) groups is 2. The van der Waals surface area contributed by atoms with Crippen LogP contribution in [0, 0.1) is 10.1 Å². The number of esters is 1. The first kappa shape index (κ1) is 19.7. The van der Waals surface area contributed by atoms with Crippen molar-refractivity contribution in [2.24, 2.45) is 0 Å². The first-order valence-electron chi connectivity index (χ1n) is 7.15. The number of nitrogens with one attached hydrogen (secondary N) is 1. The summed E-state index contributed by atoms with van der Waals surface area (Å²) in [6.45, 7) is 1.38. The van der Waals surface area contributed by atoms with Crippen LogP contribution in [-0.4, -0.2) is 22.9 Å². The molecule has 1 amide bonds. The maximum atomic E-state index is 12.1. The first-order valence-corrected chi connectivity index (χ1v) is 8.32. The molecule has 26 heavy (non-hydrogen) atoms. The average Bonchev–Trinajstić information content (AvgIpc) is 3.00. The number of hydrogen-bond donors (Lipinski definition) is 1. The smallest absolute Gasteiger partial charge is 0.331 e. The third-order valence-electron chi connectivity index (χ3n) is 3.06. The minimum absolute atomic E-state index is 0.00521. The fourth-order valence-corrected chi connectivity index (χ4v) is 2.33. The van der Waals surface area contributed by atoms with Gasteiger partial charge in [0.2, 0.25) is 0 Å². The molecule has 1 aromatic heterocycles. The highest BCUT2D eigenvalue weighted by Crippen LogP contribution is 2.26. The predicted octanol–water partition coefficient (Wildman–Crippen LogP) is 4.19. The van der Waals surface area contributed by atoms with Crippen LogP contribution in [0.25, 0.3) is 6.08 Å². The molecule has 0 radical (unpaired) electrons. The van der Waals surface area contributed by atoms with Gasteiger partial charge in [-0.05, 0) is 47.1 Å². The van der Waals surface area contributed by atoms with E-state index >= 15 is 0 Å². The summed E-state index contributed by atoms with van der Waals surface area (Å²) in [4.78, 5) is 33.9. The zero-order valence-corrected chi connectivity index (χ0v) is 15.6. The number of rotatable bonds is 6. The number of carbonyl (C=O) groups excluding carboxylic acids is 2. The summed E-state index contributed by atoms with van der Waals surface area (Å²) in [6, 6.07) is 6.90. The lowest BCUT2D eigenvalue weighted by Gasteiger charge is -2.13. The van der Waals surface area contributed by atoms with Crippen LogP contribution in [0.4, 0.5) is 11.4 Å². The van der Waals surface area contributed by atoms with Crippen molar-refractivity contribution in [3.05, 3.63) is 62.0 Å². The molecule has 0 fully saturated rings. The van der Waals surface area contributed by atoms with Crippen LogP contribution < -0.4 is 5.32 Å². The minimum Gasteiger partial charge on any atom is -0.450 e. The van der Waals surface area contributed by atoms with Gasteiger partial charge >= 0.3 is 5.97 Å². The van der Waals surface area contributed by atoms with Crippen molar-refractivity contribution in [2.45, 2.75) is 13.0 Å². The summed E-state index contributed by atoms with van der Waals surface area (Å²) in [7, 11) is 0. The molecular weight excluding hydrogens is 432 g/mol. The van der Waals surface area contributed by atoms with Gasteiger partial charge in [0, 0.05) is 18.2 Å². The molecule has 0 aliphatic rings. The van der Waals surface area contributed by atoms with E-state index in [2.05, 4.69) is 21.2 Å². The van der Waals surface area contributed by atoms with Crippen molar-refractivity contribution in [2.75, 3.05) is 5.32 Å². The second-order valence-electron chi connectivity index (χ2n) is 4.96. The Hall–Kier alpha value is -2.65. The van der Waals surface area contributed by atoms with Crippen LogP contribution in [-0.2, 0) is 14.3 Å². The molecule has 8 nitrogen and oxygen atoms in total. The van der Waals surface area contributed by atoms with E-state index in [1.807, 2.05) is 0 Å². The van der Waals surface area contributed by atoms with Crippen molar-refractivity contribution in [1.29, 1.82) is 0 Å². The monoisotopic (exact) mass is 442 g/mol. The van der Waals surface area contributed by atoms with E-state index in [4.69, 9.17) is 20.8 Å². The number of amides is 1. The van der Waals surface area contributed by atoms with Gasteiger partial charge in [-0.2, -0.15) is 0 Å². The molecule has 1 N–H and O–H groups in total. The lowest BCUT2D eigenvalue weighted by molar-refractivity contribution is -0.384. The highest BCUT2D eigenvalue weighted by Gasteiger charge is 2.19. The summed E-state index contributed by atoms with van der Waals surface area (Å²) in [5, 5.41) is 13.1. The SMILES string of the molecule is C[C@H](OC(=O)/C=C/c1ccc(Br)o1)C(=O)Nc1ccc([N+](=O)[O-])cc1Cl. The lowest BCUT2D eigenvalue weighted by atomic mass is 10.2. The van der Waals surface area contributed by atoms with Gasteiger partial charge in [0.1, 0.15) is 5.76 Å². The Morgan fingerprint density at radius 1 is 1.38 bits per heavy atom. The number of ether oxygens (including phenoxy) is 1. The van der Waals surface area contributed by atoms with Crippen molar-refractivity contribution in [1.82, 2.24) is 0 Å². The Balaban J connectivity index is 1.93. The van der Waals surface area contributed by atoms with Crippen LogP contribution >= 0.6 is 27.5 Å². The maximum Gasteiger partial charge on any atom is 0.331 e. The van der Waals surface area contributed by atoms with Gasteiger partial charge in [-0.3, -0.25) is 14.9 Å². The van der Waals surface area contributed by atoms with Crippen molar-refractivity contribution in [3.8, 4) is 0 Å². The molecule has 0 aliphatic heterocycles. The average molecular weight is 444 g/mol. The summed E-state index contributed by atoms with van der Waals surface area (Å²) < 4.78 is 10.7. The Labute approximate surface area is 161 Å². The zero-order valence-electron chi connectivity index (χ0n) is 13.3. The van der Waals surface area contributed by atoms with Crippen LogP contribution in [0.3, 0.4) is 0 Å². The number of benzene rings is 1. The predicted molar refractivity (Wildman–Crippen MR) is 97.7 cm³/mol. The standard InChI is InChI=1S/C16H12BrClN2O6/c1-9(25-15(21)7-4-11-3-6-14(17)26-11)16(22)19-13-5-2-10(20(23)24)8-12(13)18/h2-9H,1H3,(H,19,22)/b7-4+/t9-/m0/s1. The van der Waals surface area contributed by atoms with E-state index < -0.39 is 22.9 Å². The van der Waals surface area contributed by atoms with Crippen molar-refractivity contribution < 1.29 is 23.7 Å². The fourth-order valence-electron chi connectivity index (χ4n) is 1.79. The molecule has 0 unspecified atom stereocenters. The molecule has 2 aromatic rings. The number of anilines is 1. The van der Waals surface area contributed by atoms with Gasteiger partial charge in [-0.25, -0.2) is 4.79 Å². The topological polar surface area (TPSA) is 112 Å². The minimum atomic E-state index is -1.11. The van der Waals surface area contributed by atoms with Gasteiger partial charge in [0.15, 0.2) is 10.8 Å². The molecule has 1 atom stereocenters. The molecule has 1 heterocycles. The molecule has 10 heteroatoms. The summed E-state index contributed by atoms with van der Waals surface area (Å²) >= 11 is 9.03. The lowest BCUT2D eigenvalue weighted by Crippen LogP contribution is -2.29. The number of nitrogens with zero attached hydrogens (tertiary/aromatic N) is 1. The molecule has 0 bridgehead atoms. The van der Waals surface area contributed by atoms with Gasteiger partial charge in [-0.1, -0.05) is 11.6 Å². The first-order chi connectivity index (χ1) is 12.3. The Morgan fingerprint density at radius 2 is 2.12 bits per heavy atom. The molecule has 2 rings (SSSR count). The summed E-state index contributed by atoms with van der Waals surface area (Å²) in [6.07, 6.45) is 1.40. The number of non-ortho nitro benzene ring substituents is 1. The maximum absolute atomic E-state index is 12.1. The van der Waals surface area contributed by atoms with Gasteiger partial charge < -0.3 is 14.5 Å². The number of halogens is 2. The number of nitro groups is 1. The molecule has 136 valence electrons. The Kier molecular flexibility index (Phi) is 6.53. The normalized spacial score (nSPS) is 12.0. The third kappa shape index (κ3) is 5.43. The zero-order chi connectivity index (χ0) is 19.3. The number of hydrogen-bond acceptors (Lipinski definition) is 6. The van der Waals surface area contributed by atoms with E-state index in [1.165, 1.54) is 25.1 Å². The third-order valence-corrected chi connectivity index (χ3v) is 3.80. The fraction of sp³-hybridized carbons (Fsp3) is 0.125. The second kappa shape index (κ2) is 8.63. The van der Waals surface area contributed by atoms with E-state index in [1.54, 1.807) is 12.1 Å². The van der Waals surface area contributed by atoms with E-state index in [0.717, 1.165) is 12.1 Å². The summed E-state index contributed by atoms with van der Waals surface area (Å²) in [5.41, 5.74) is -0.0386. The second-order valence-corrected chi connectivity index (χ2v) is 6.15. The number of nitro benzene ring substituents is 1. The van der Waals surface area contributed by atoms with Gasteiger partial charge in [0.25, 0.3) is 11.6 Å². The van der Waals surface area contributed by atoms with Crippen molar-refractivity contribution >= 4 is 56.9 Å². The van der Waals surface area contributed by atoms with Gasteiger partial charge in [-0.15, -0.1) is 0 Å². The molecule has 0 saturated heterocycles. The van der Waals surface area contributed by atoms with Crippen LogP contribution in [0.5, 0.6) is 0 Å². The molecule has 0 spiro atoms. The molecule has 0 saturated carbocycles. The molecule has 1 aromatic carbocycles. The van der Waals surface area contributed by atoms with E-state index in [0.29, 0.717) is 10.4 Å². The summed E-state index contributed by atoms with van der Waals surface area (Å²) in [5.74, 6) is -0.943. The van der Waals surface area contributed by atoms with Crippen LogP contribution in [0.1, 0.15) is 12.7 Å². The highest BCUT2D eigenvalue weighted by molar-refractivity contribution is 9.10. The molecule has 0 aliphatic carbocycles. The quantitative estimate of drug-likeness (QED) is 0.310. The van der Waals surface area contributed by atoms with E-state index in [9.17, 15) is 19.7 Å². The highest BCUT2D eigenvalue weighted by atomic mass is 79.9. The number of furan rings is 1. The largest absolute Gasteiger partial charge is 0.450 e. The Morgan fingerprint density at radius 3 is 2.69 bits per heavy atom. The van der Waals surface area contributed by atoms with Gasteiger partial charge in [0.05, 0.1) is 15.6 Å². The van der Waals surface area contributed by atoms with Crippen LogP contribution in [0.15, 0.2) is 45.5 Å². The van der Waals surface area contributed by atoms with E-state index in [-0.39, 0.29) is 16.4 Å². The van der Waals surface area contributed by atoms with Crippen LogP contribution in [0.2, 0.25) is 5.02 Å². The van der Waals surface area contributed by atoms with Crippen molar-refractivity contribution in [3.63, 3.8) is 0 Å².